The van der Waals surface area contributed by atoms with E-state index in [4.69, 9.17) is 18.0 Å². The zero-order chi connectivity index (χ0) is 14.8. The molecule has 0 aliphatic heterocycles. The van der Waals surface area contributed by atoms with Gasteiger partial charge in [-0.1, -0.05) is 30.4 Å². The summed E-state index contributed by atoms with van der Waals surface area (Å²) in [7, 11) is -3.73. The van der Waals surface area contributed by atoms with E-state index >= 15 is 0 Å². The second kappa shape index (κ2) is 5.56. The van der Waals surface area contributed by atoms with Gasteiger partial charge in [-0.25, -0.2) is 13.4 Å². The first kappa shape index (κ1) is 14.4. The molecule has 2 aromatic rings. The number of sulfonamides is 1. The minimum Gasteiger partial charge on any atom is -0.389 e. The maximum Gasteiger partial charge on any atom is 0.263 e. The molecule has 7 heteroatoms. The number of rotatable bonds is 4. The van der Waals surface area contributed by atoms with Crippen molar-refractivity contribution in [2.24, 2.45) is 5.73 Å². The molecular formula is C13H13N3O2S2. The van der Waals surface area contributed by atoms with Gasteiger partial charge in [-0.05, 0) is 30.7 Å². The van der Waals surface area contributed by atoms with Crippen LogP contribution in [0.25, 0.3) is 0 Å². The molecule has 0 amide bonds. The Balaban J connectivity index is 2.44. The number of nitrogens with one attached hydrogen (secondary N) is 1. The lowest BCUT2D eigenvalue weighted by Crippen LogP contribution is -2.17. The molecule has 0 spiro atoms. The number of thiocarbonyl (C=S) groups is 1. The van der Waals surface area contributed by atoms with E-state index in [1.165, 1.54) is 12.3 Å². The zero-order valence-electron chi connectivity index (χ0n) is 10.7. The van der Waals surface area contributed by atoms with Crippen LogP contribution in [0.4, 0.5) is 5.82 Å². The van der Waals surface area contributed by atoms with Crippen LogP contribution in [0.2, 0.25) is 0 Å². The standard InChI is InChI=1S/C13H13N3O2S2/c1-9-5-6-10(13(14)19)8-11(9)20(17,18)16-12-4-2-3-7-15-12/h2-8H,1H3,(H2,14,19)(H,15,16). The maximum absolute atomic E-state index is 12.4. The molecule has 0 aliphatic rings. The van der Waals surface area contributed by atoms with Crippen LogP contribution < -0.4 is 10.5 Å². The summed E-state index contributed by atoms with van der Waals surface area (Å²) in [5, 5.41) is 0. The minimum absolute atomic E-state index is 0.133. The van der Waals surface area contributed by atoms with Gasteiger partial charge in [-0.15, -0.1) is 0 Å². The molecule has 0 saturated carbocycles. The minimum atomic E-state index is -3.73. The highest BCUT2D eigenvalue weighted by Crippen LogP contribution is 2.19. The highest BCUT2D eigenvalue weighted by molar-refractivity contribution is 7.92. The van der Waals surface area contributed by atoms with Gasteiger partial charge in [0.05, 0.1) is 4.90 Å². The summed E-state index contributed by atoms with van der Waals surface area (Å²) >= 11 is 4.87. The Morgan fingerprint density at radius 2 is 2.05 bits per heavy atom. The van der Waals surface area contributed by atoms with Crippen molar-refractivity contribution in [3.05, 3.63) is 53.7 Å². The molecule has 0 saturated heterocycles. The van der Waals surface area contributed by atoms with Crippen LogP contribution in [0, 0.1) is 6.92 Å². The summed E-state index contributed by atoms with van der Waals surface area (Å²) < 4.78 is 27.1. The first-order valence-corrected chi connectivity index (χ1v) is 7.63. The Kier molecular flexibility index (Phi) is 4.01. The molecule has 1 heterocycles. The lowest BCUT2D eigenvalue weighted by Gasteiger charge is -2.11. The molecular weight excluding hydrogens is 294 g/mol. The Morgan fingerprint density at radius 1 is 1.30 bits per heavy atom. The van der Waals surface area contributed by atoms with Crippen molar-refractivity contribution in [3.8, 4) is 0 Å². The number of hydrogen-bond donors (Lipinski definition) is 2. The second-order valence-electron chi connectivity index (χ2n) is 4.17. The third-order valence-corrected chi connectivity index (χ3v) is 4.40. The molecule has 0 unspecified atom stereocenters. The van der Waals surface area contributed by atoms with Gasteiger partial charge in [0.2, 0.25) is 0 Å². The van der Waals surface area contributed by atoms with Crippen molar-refractivity contribution in [1.82, 2.24) is 4.98 Å². The molecule has 104 valence electrons. The van der Waals surface area contributed by atoms with Gasteiger partial charge in [0.25, 0.3) is 10.0 Å². The van der Waals surface area contributed by atoms with Crippen molar-refractivity contribution in [3.63, 3.8) is 0 Å². The average molecular weight is 307 g/mol. The van der Waals surface area contributed by atoms with E-state index in [9.17, 15) is 8.42 Å². The van der Waals surface area contributed by atoms with Crippen LogP contribution in [0.15, 0.2) is 47.5 Å². The summed E-state index contributed by atoms with van der Waals surface area (Å²) in [4.78, 5) is 4.22. The molecule has 2 rings (SSSR count). The van der Waals surface area contributed by atoms with Crippen LogP contribution in [0.5, 0.6) is 0 Å². The number of aromatic nitrogens is 1. The summed E-state index contributed by atoms with van der Waals surface area (Å²) in [5.74, 6) is 0.257. The monoisotopic (exact) mass is 307 g/mol. The largest absolute Gasteiger partial charge is 0.389 e. The van der Waals surface area contributed by atoms with Crippen molar-refractivity contribution >= 4 is 33.0 Å². The van der Waals surface area contributed by atoms with Gasteiger partial charge < -0.3 is 5.73 Å². The molecule has 0 radical (unpaired) electrons. The van der Waals surface area contributed by atoms with E-state index in [2.05, 4.69) is 9.71 Å². The third kappa shape index (κ3) is 3.12. The number of anilines is 1. The molecule has 0 bridgehead atoms. The van der Waals surface area contributed by atoms with Crippen molar-refractivity contribution in [2.75, 3.05) is 4.72 Å². The van der Waals surface area contributed by atoms with Crippen molar-refractivity contribution in [2.45, 2.75) is 11.8 Å². The van der Waals surface area contributed by atoms with Gasteiger partial charge in [0.15, 0.2) is 0 Å². The normalized spacial score (nSPS) is 11.1. The Labute approximate surface area is 122 Å². The van der Waals surface area contributed by atoms with E-state index in [1.807, 2.05) is 0 Å². The van der Waals surface area contributed by atoms with Crippen molar-refractivity contribution < 1.29 is 8.42 Å². The second-order valence-corrected chi connectivity index (χ2v) is 6.26. The Hall–Kier alpha value is -1.99. The summed E-state index contributed by atoms with van der Waals surface area (Å²) in [5.41, 5.74) is 6.64. The first-order chi connectivity index (χ1) is 9.40. The molecule has 0 aliphatic carbocycles. The highest BCUT2D eigenvalue weighted by Gasteiger charge is 2.18. The lowest BCUT2D eigenvalue weighted by atomic mass is 10.1. The van der Waals surface area contributed by atoms with E-state index in [0.29, 0.717) is 11.1 Å². The number of hydrogen-bond acceptors (Lipinski definition) is 4. The van der Waals surface area contributed by atoms with Gasteiger partial charge in [-0.2, -0.15) is 0 Å². The maximum atomic E-state index is 12.4. The SMILES string of the molecule is Cc1ccc(C(N)=S)cc1S(=O)(=O)Nc1ccccn1. The van der Waals surface area contributed by atoms with Crippen LogP contribution in [-0.4, -0.2) is 18.4 Å². The zero-order valence-corrected chi connectivity index (χ0v) is 12.3. The Bertz CT molecular complexity index is 743. The van der Waals surface area contributed by atoms with Gasteiger partial charge >= 0.3 is 0 Å². The summed E-state index contributed by atoms with van der Waals surface area (Å²) in [6.45, 7) is 1.70. The average Bonchev–Trinajstić information content (AvgIpc) is 2.39. The van der Waals surface area contributed by atoms with E-state index in [1.54, 1.807) is 37.3 Å². The topological polar surface area (TPSA) is 85.1 Å². The molecule has 3 N–H and O–H groups in total. The van der Waals surface area contributed by atoms with Crippen LogP contribution in [0.3, 0.4) is 0 Å². The number of aryl methyl sites for hydroxylation is 1. The van der Waals surface area contributed by atoms with Gasteiger partial charge in [0.1, 0.15) is 10.8 Å². The molecule has 5 nitrogen and oxygen atoms in total. The van der Waals surface area contributed by atoms with Gasteiger partial charge in [0, 0.05) is 11.8 Å². The fourth-order valence-corrected chi connectivity index (χ4v) is 3.07. The number of nitrogens with two attached hydrogens (primary N) is 1. The van der Waals surface area contributed by atoms with Crippen molar-refractivity contribution in [1.29, 1.82) is 0 Å². The highest BCUT2D eigenvalue weighted by atomic mass is 32.2. The van der Waals surface area contributed by atoms with E-state index in [-0.39, 0.29) is 15.7 Å². The lowest BCUT2D eigenvalue weighted by molar-refractivity contribution is 0.600. The summed E-state index contributed by atoms with van der Waals surface area (Å²) in [6, 6.07) is 9.80. The summed E-state index contributed by atoms with van der Waals surface area (Å²) in [6.07, 6.45) is 1.51. The fraction of sp³-hybridized carbons (Fsp3) is 0.0769. The Morgan fingerprint density at radius 3 is 2.65 bits per heavy atom. The quantitative estimate of drug-likeness (QED) is 0.842. The van der Waals surface area contributed by atoms with Gasteiger partial charge in [-0.3, -0.25) is 4.72 Å². The predicted octanol–water partition coefficient (Wildman–Crippen LogP) is 1.83. The molecule has 1 aromatic heterocycles. The van der Waals surface area contributed by atoms with E-state index < -0.39 is 10.0 Å². The fourth-order valence-electron chi connectivity index (χ4n) is 1.66. The number of benzene rings is 1. The first-order valence-electron chi connectivity index (χ1n) is 5.74. The molecule has 0 fully saturated rings. The number of nitrogens with zero attached hydrogens (tertiary/aromatic N) is 1. The third-order valence-electron chi connectivity index (χ3n) is 2.67. The van der Waals surface area contributed by atoms with Crippen LogP contribution in [0.1, 0.15) is 11.1 Å². The molecule has 0 atom stereocenters. The smallest absolute Gasteiger partial charge is 0.263 e. The predicted molar refractivity (Wildman–Crippen MR) is 82.1 cm³/mol. The van der Waals surface area contributed by atoms with Crippen LogP contribution >= 0.6 is 12.2 Å². The molecule has 20 heavy (non-hydrogen) atoms. The van der Waals surface area contributed by atoms with Crippen LogP contribution in [-0.2, 0) is 10.0 Å². The molecule has 1 aromatic carbocycles. The van der Waals surface area contributed by atoms with E-state index in [0.717, 1.165) is 0 Å². The number of pyridine rings is 1.